The lowest BCUT2D eigenvalue weighted by Gasteiger charge is -2.45. The molecule has 244 valence electrons. The largest absolute Gasteiger partial charge is 0.309 e. The highest BCUT2D eigenvalue weighted by Crippen LogP contribution is 2.62. The van der Waals surface area contributed by atoms with Crippen molar-refractivity contribution in [2.75, 3.05) is 0 Å². The zero-order valence-corrected chi connectivity index (χ0v) is 29.7. The molecule has 0 atom stereocenters. The summed E-state index contributed by atoms with van der Waals surface area (Å²) in [6.07, 6.45) is 1.88. The molecule has 2 aliphatic heterocycles. The Balaban J connectivity index is 1.18. The topological polar surface area (TPSA) is 17.8 Å². The van der Waals surface area contributed by atoms with Crippen LogP contribution in [0.1, 0.15) is 22.3 Å². The summed E-state index contributed by atoms with van der Waals surface area (Å²) in [5.74, 6) is 0. The molecule has 9 aromatic rings. The highest BCUT2D eigenvalue weighted by atomic mass is 32.2. The first-order chi connectivity index (χ1) is 25.8. The van der Waals surface area contributed by atoms with Crippen LogP contribution in [0.2, 0.25) is 0 Å². The SMILES string of the molecule is c1ccc(-n2c3ccccc3c3ccc(-c4ccc5c(c4)C4(c6ccccc6Sc6ccccc64)c4ccc(-c6ccccn6)cc4S5)cc32)cc1. The predicted molar refractivity (Wildman–Crippen MR) is 216 cm³/mol. The molecule has 0 fully saturated rings. The van der Waals surface area contributed by atoms with E-state index in [1.807, 2.05) is 35.8 Å². The smallest absolute Gasteiger partial charge is 0.0745 e. The summed E-state index contributed by atoms with van der Waals surface area (Å²) in [4.78, 5) is 9.87. The second-order valence-corrected chi connectivity index (χ2v) is 15.7. The van der Waals surface area contributed by atoms with Crippen molar-refractivity contribution in [3.63, 3.8) is 0 Å². The number of benzene rings is 7. The summed E-state index contributed by atoms with van der Waals surface area (Å²) in [5.41, 5.74) is 13.0. The fourth-order valence-electron chi connectivity index (χ4n) is 8.54. The van der Waals surface area contributed by atoms with Gasteiger partial charge in [-0.3, -0.25) is 4.98 Å². The van der Waals surface area contributed by atoms with Gasteiger partial charge in [-0.25, -0.2) is 0 Å². The number of hydrogen-bond acceptors (Lipinski definition) is 3. The van der Waals surface area contributed by atoms with Crippen LogP contribution in [0.5, 0.6) is 0 Å². The molecule has 2 aromatic heterocycles. The van der Waals surface area contributed by atoms with E-state index in [2.05, 4.69) is 174 Å². The third kappa shape index (κ3) is 4.32. The zero-order valence-electron chi connectivity index (χ0n) is 28.0. The van der Waals surface area contributed by atoms with E-state index >= 15 is 0 Å². The zero-order chi connectivity index (χ0) is 34.2. The third-order valence-corrected chi connectivity index (χ3v) is 13.1. The van der Waals surface area contributed by atoms with Gasteiger partial charge in [0.15, 0.2) is 0 Å². The monoisotopic (exact) mass is 698 g/mol. The Labute approximate surface area is 310 Å². The van der Waals surface area contributed by atoms with E-state index in [-0.39, 0.29) is 0 Å². The summed E-state index contributed by atoms with van der Waals surface area (Å²) >= 11 is 3.76. The molecular formula is C48H30N2S2. The summed E-state index contributed by atoms with van der Waals surface area (Å²) in [6.45, 7) is 0. The minimum absolute atomic E-state index is 0.490. The molecule has 0 aliphatic carbocycles. The van der Waals surface area contributed by atoms with E-state index in [9.17, 15) is 0 Å². The number of aromatic nitrogens is 2. The maximum Gasteiger partial charge on any atom is 0.0745 e. The van der Waals surface area contributed by atoms with Crippen LogP contribution in [0.4, 0.5) is 0 Å². The van der Waals surface area contributed by atoms with Gasteiger partial charge in [0.2, 0.25) is 0 Å². The normalized spacial score (nSPS) is 13.8. The first kappa shape index (κ1) is 29.9. The number of hydrogen-bond donors (Lipinski definition) is 0. The molecular weight excluding hydrogens is 669 g/mol. The van der Waals surface area contributed by atoms with Crippen molar-refractivity contribution in [2.24, 2.45) is 0 Å². The van der Waals surface area contributed by atoms with E-state index in [1.165, 1.54) is 80.5 Å². The van der Waals surface area contributed by atoms with Gasteiger partial charge in [-0.1, -0.05) is 133 Å². The Bertz CT molecular complexity index is 2810. The number of nitrogens with zero attached hydrogens (tertiary/aromatic N) is 2. The fraction of sp³-hybridized carbons (Fsp3) is 0.0208. The van der Waals surface area contributed by atoms with Crippen molar-refractivity contribution in [3.05, 3.63) is 204 Å². The molecule has 52 heavy (non-hydrogen) atoms. The summed E-state index contributed by atoms with van der Waals surface area (Å²) in [6, 6.07) is 64.8. The van der Waals surface area contributed by atoms with Gasteiger partial charge in [-0.15, -0.1) is 0 Å². The van der Waals surface area contributed by atoms with Crippen LogP contribution in [0.15, 0.2) is 202 Å². The third-order valence-electron chi connectivity index (χ3n) is 10.8. The van der Waals surface area contributed by atoms with E-state index < -0.39 is 5.41 Å². The minimum atomic E-state index is -0.490. The van der Waals surface area contributed by atoms with Crippen LogP contribution < -0.4 is 0 Å². The quantitative estimate of drug-likeness (QED) is 0.183. The molecule has 7 aromatic carbocycles. The van der Waals surface area contributed by atoms with Crippen LogP contribution in [0, 0.1) is 0 Å². The Morgan fingerprint density at radius 1 is 0.404 bits per heavy atom. The Morgan fingerprint density at radius 3 is 1.83 bits per heavy atom. The van der Waals surface area contributed by atoms with Gasteiger partial charge in [-0.05, 0) is 100 Å². The van der Waals surface area contributed by atoms with E-state index in [0.29, 0.717) is 0 Å². The highest BCUT2D eigenvalue weighted by molar-refractivity contribution is 8.00. The second kappa shape index (κ2) is 11.6. The lowest BCUT2D eigenvalue weighted by Crippen LogP contribution is -2.36. The first-order valence-electron chi connectivity index (χ1n) is 17.6. The number of fused-ring (bicyclic) bond motifs is 11. The predicted octanol–water partition coefficient (Wildman–Crippen LogP) is 12.8. The van der Waals surface area contributed by atoms with Crippen molar-refractivity contribution < 1.29 is 0 Å². The van der Waals surface area contributed by atoms with Gasteiger partial charge in [-0.2, -0.15) is 0 Å². The standard InChI is InChI=1S/C48H30N2S2/c1-2-12-34(13-3-1)50-42-18-7-4-14-35(42)36-24-21-32(29-43(36)50)31-23-26-46-40(28-31)48(37-15-5-8-19-44(37)51-45-20-9-6-16-38(45)48)39-25-22-33(30-47(39)52-46)41-17-10-11-27-49-41/h1-30H. The van der Waals surface area contributed by atoms with Gasteiger partial charge in [0.05, 0.1) is 22.1 Å². The van der Waals surface area contributed by atoms with Gasteiger partial charge in [0.1, 0.15) is 0 Å². The van der Waals surface area contributed by atoms with E-state index in [1.54, 1.807) is 0 Å². The lowest BCUT2D eigenvalue weighted by atomic mass is 9.64. The molecule has 0 N–H and O–H groups in total. The van der Waals surface area contributed by atoms with Gasteiger partial charge >= 0.3 is 0 Å². The molecule has 4 heteroatoms. The average molecular weight is 699 g/mol. The number of pyridine rings is 1. The van der Waals surface area contributed by atoms with Gasteiger partial charge < -0.3 is 4.57 Å². The van der Waals surface area contributed by atoms with Crippen molar-refractivity contribution in [3.8, 4) is 28.1 Å². The van der Waals surface area contributed by atoms with Crippen molar-refractivity contribution in [1.29, 1.82) is 0 Å². The van der Waals surface area contributed by atoms with Gasteiger partial charge in [0.25, 0.3) is 0 Å². The van der Waals surface area contributed by atoms with Crippen LogP contribution in [-0.2, 0) is 5.41 Å². The molecule has 0 radical (unpaired) electrons. The number of rotatable bonds is 3. The molecule has 0 saturated heterocycles. The average Bonchev–Trinajstić information content (AvgIpc) is 3.55. The molecule has 0 unspecified atom stereocenters. The minimum Gasteiger partial charge on any atom is -0.309 e. The molecule has 0 bridgehead atoms. The van der Waals surface area contributed by atoms with Crippen LogP contribution in [-0.4, -0.2) is 9.55 Å². The van der Waals surface area contributed by atoms with Crippen LogP contribution >= 0.6 is 23.5 Å². The lowest BCUT2D eigenvalue weighted by molar-refractivity contribution is 0.667. The molecule has 2 nitrogen and oxygen atoms in total. The van der Waals surface area contributed by atoms with Crippen LogP contribution in [0.3, 0.4) is 0 Å². The molecule has 0 amide bonds. The maximum absolute atomic E-state index is 4.71. The molecule has 11 rings (SSSR count). The van der Waals surface area contributed by atoms with Crippen LogP contribution in [0.25, 0.3) is 49.9 Å². The summed E-state index contributed by atoms with van der Waals surface area (Å²) in [7, 11) is 0. The molecule has 1 spiro atoms. The van der Waals surface area contributed by atoms with E-state index in [0.717, 1.165) is 11.3 Å². The van der Waals surface area contributed by atoms with E-state index in [4.69, 9.17) is 4.98 Å². The highest BCUT2D eigenvalue weighted by Gasteiger charge is 2.48. The Kier molecular flexibility index (Phi) is 6.67. The second-order valence-electron chi connectivity index (χ2n) is 13.5. The summed E-state index contributed by atoms with van der Waals surface area (Å²) < 4.78 is 2.41. The Hall–Kier alpha value is -5.81. The molecule has 0 saturated carbocycles. The first-order valence-corrected chi connectivity index (χ1v) is 19.2. The molecule has 2 aliphatic rings. The molecule has 4 heterocycles. The van der Waals surface area contributed by atoms with Crippen molar-refractivity contribution in [2.45, 2.75) is 25.0 Å². The van der Waals surface area contributed by atoms with Crippen molar-refractivity contribution in [1.82, 2.24) is 9.55 Å². The number of para-hydroxylation sites is 2. The van der Waals surface area contributed by atoms with Gasteiger partial charge in [0, 0.05) is 47.8 Å². The maximum atomic E-state index is 4.71. The summed E-state index contributed by atoms with van der Waals surface area (Å²) in [5, 5.41) is 2.53. The Morgan fingerprint density at radius 2 is 1.02 bits per heavy atom. The fourth-order valence-corrected chi connectivity index (χ4v) is 10.9. The van der Waals surface area contributed by atoms with Crippen molar-refractivity contribution >= 4 is 45.3 Å².